The molecule has 4 aromatic rings. The van der Waals surface area contributed by atoms with Crippen LogP contribution in [0.15, 0.2) is 127 Å². The topological polar surface area (TPSA) is 141 Å². The molecule has 1 saturated heterocycles. The number of aliphatic hydroxyl groups excluding tert-OH is 1. The van der Waals surface area contributed by atoms with E-state index in [4.69, 9.17) is 18.9 Å². The summed E-state index contributed by atoms with van der Waals surface area (Å²) in [6.45, 7) is 4.88. The van der Waals surface area contributed by atoms with E-state index in [1.807, 2.05) is 97.1 Å². The van der Waals surface area contributed by atoms with Crippen LogP contribution in [0.2, 0.25) is 0 Å². The van der Waals surface area contributed by atoms with Crippen molar-refractivity contribution >= 4 is 46.3 Å². The Morgan fingerprint density at radius 2 is 1.52 bits per heavy atom. The van der Waals surface area contributed by atoms with Gasteiger partial charge in [0.2, 0.25) is 17.6 Å². The first kappa shape index (κ1) is 42.7. The molecule has 4 aromatic carbocycles. The van der Waals surface area contributed by atoms with E-state index in [1.165, 1.54) is 4.90 Å². The highest BCUT2D eigenvalue weighted by Gasteiger charge is 2.55. The molecular weight excluding hydrogens is 851 g/mol. The Labute approximate surface area is 352 Å². The third-order valence-electron chi connectivity index (χ3n) is 10.0. The standard InChI is InChI=1S/C46H49IN2O9/c1-45(2,3)57-40(51)24-23-36(29-50)48-42(52)37(25-30-15-8-5-9-16-30)49(4)43(53)32-27-38(55-44(54)31-17-14-22-35(47)26-31)41-39(28-32)56-46(58-41,33-18-10-6-11-19-33)34-20-12-7-13-21-34/h5-22,26,28,36-39,41,50H,23-25,27,29H2,1-4H3,(H,48,52). The van der Waals surface area contributed by atoms with Gasteiger partial charge in [0.05, 0.1) is 18.2 Å². The van der Waals surface area contributed by atoms with Crippen LogP contribution in [0, 0.1) is 3.57 Å². The number of amides is 2. The molecule has 11 nitrogen and oxygen atoms in total. The zero-order valence-electron chi connectivity index (χ0n) is 33.0. The lowest BCUT2D eigenvalue weighted by molar-refractivity contribution is -0.157. The highest BCUT2D eigenvalue weighted by molar-refractivity contribution is 14.1. The predicted octanol–water partition coefficient (Wildman–Crippen LogP) is 6.50. The Morgan fingerprint density at radius 3 is 2.10 bits per heavy atom. The van der Waals surface area contributed by atoms with Gasteiger partial charge in [0.25, 0.3) is 0 Å². The number of hydrogen-bond donors (Lipinski definition) is 2. The van der Waals surface area contributed by atoms with Crippen molar-refractivity contribution in [1.29, 1.82) is 0 Å². The quantitative estimate of drug-likeness (QED) is 0.107. The van der Waals surface area contributed by atoms with Crippen LogP contribution < -0.4 is 5.32 Å². The van der Waals surface area contributed by atoms with Crippen molar-refractivity contribution in [1.82, 2.24) is 10.2 Å². The average molecular weight is 901 g/mol. The second kappa shape index (κ2) is 18.8. The lowest BCUT2D eigenvalue weighted by Gasteiger charge is -2.34. The molecule has 0 saturated carbocycles. The van der Waals surface area contributed by atoms with Crippen LogP contribution in [-0.2, 0) is 45.5 Å². The van der Waals surface area contributed by atoms with Gasteiger partial charge in [0, 0.05) is 46.6 Å². The summed E-state index contributed by atoms with van der Waals surface area (Å²) in [6, 6.07) is 33.5. The summed E-state index contributed by atoms with van der Waals surface area (Å²) in [5.41, 5.74) is 2.21. The van der Waals surface area contributed by atoms with Crippen molar-refractivity contribution in [3.05, 3.63) is 153 Å². The number of rotatable bonds is 14. The van der Waals surface area contributed by atoms with E-state index >= 15 is 0 Å². The van der Waals surface area contributed by atoms with Gasteiger partial charge in [0.1, 0.15) is 30.0 Å². The zero-order valence-corrected chi connectivity index (χ0v) is 35.2. The number of ether oxygens (including phenoxy) is 4. The van der Waals surface area contributed by atoms with Crippen LogP contribution in [0.3, 0.4) is 0 Å². The van der Waals surface area contributed by atoms with Crippen molar-refractivity contribution in [2.45, 2.75) is 88.2 Å². The van der Waals surface area contributed by atoms with Gasteiger partial charge in [-0.05, 0) is 79.6 Å². The second-order valence-corrected chi connectivity index (χ2v) is 16.7. The smallest absolute Gasteiger partial charge is 0.338 e. The van der Waals surface area contributed by atoms with Gasteiger partial charge < -0.3 is 34.3 Å². The molecule has 12 heteroatoms. The number of carbonyl (C=O) groups excluding carboxylic acids is 4. The van der Waals surface area contributed by atoms with E-state index in [2.05, 4.69) is 27.9 Å². The molecule has 1 aliphatic heterocycles. The van der Waals surface area contributed by atoms with Gasteiger partial charge in [-0.2, -0.15) is 0 Å². The summed E-state index contributed by atoms with van der Waals surface area (Å²) in [4.78, 5) is 56.4. The van der Waals surface area contributed by atoms with Gasteiger partial charge in [-0.1, -0.05) is 97.1 Å². The highest BCUT2D eigenvalue weighted by Crippen LogP contribution is 2.47. The third kappa shape index (κ3) is 10.4. The number of nitrogens with zero attached hydrogens (tertiary/aromatic N) is 1. The average Bonchev–Trinajstić information content (AvgIpc) is 3.62. The number of benzene rings is 4. The number of likely N-dealkylation sites (N-methyl/N-ethyl adjacent to an activating group) is 1. The monoisotopic (exact) mass is 900 g/mol. The first-order valence-corrected chi connectivity index (χ1v) is 20.4. The minimum atomic E-state index is -1.39. The summed E-state index contributed by atoms with van der Waals surface area (Å²) in [5.74, 6) is -3.39. The van der Waals surface area contributed by atoms with Crippen molar-refractivity contribution < 1.29 is 43.2 Å². The molecule has 0 radical (unpaired) electrons. The summed E-state index contributed by atoms with van der Waals surface area (Å²) in [7, 11) is 1.55. The maximum atomic E-state index is 14.7. The molecule has 1 aliphatic carbocycles. The Hall–Kier alpha value is -4.89. The van der Waals surface area contributed by atoms with Gasteiger partial charge in [0.15, 0.2) is 0 Å². The van der Waals surface area contributed by atoms with Gasteiger partial charge >= 0.3 is 11.9 Å². The van der Waals surface area contributed by atoms with Crippen molar-refractivity contribution in [2.24, 2.45) is 0 Å². The van der Waals surface area contributed by atoms with Crippen molar-refractivity contribution in [3.63, 3.8) is 0 Å². The number of fused-ring (bicyclic) bond motifs is 1. The fourth-order valence-corrected chi connectivity index (χ4v) is 7.75. The normalized spacial score (nSPS) is 19.5. The minimum absolute atomic E-state index is 0.0160. The van der Waals surface area contributed by atoms with E-state index in [0.717, 1.165) is 20.3 Å². The second-order valence-electron chi connectivity index (χ2n) is 15.5. The van der Waals surface area contributed by atoms with Crippen LogP contribution in [0.5, 0.6) is 0 Å². The van der Waals surface area contributed by atoms with Gasteiger partial charge in [-0.15, -0.1) is 0 Å². The number of halogens is 1. The van der Waals surface area contributed by atoms with Gasteiger partial charge in [-0.3, -0.25) is 14.4 Å². The van der Waals surface area contributed by atoms with E-state index in [9.17, 15) is 24.3 Å². The molecule has 1 heterocycles. The molecule has 58 heavy (non-hydrogen) atoms. The number of esters is 2. The SMILES string of the molecule is CN(C(=O)C1=CC2OC(c3ccccc3)(c3ccccc3)OC2C(OC(=O)c2cccc(I)c2)C1)C(Cc1ccccc1)C(=O)NC(CO)CCC(=O)OC(C)(C)C. The maximum absolute atomic E-state index is 14.7. The summed E-state index contributed by atoms with van der Waals surface area (Å²) in [5, 5.41) is 13.1. The van der Waals surface area contributed by atoms with E-state index in [1.54, 1.807) is 52.1 Å². The van der Waals surface area contributed by atoms with Crippen LogP contribution in [0.25, 0.3) is 0 Å². The van der Waals surface area contributed by atoms with E-state index < -0.39 is 72.1 Å². The molecule has 1 fully saturated rings. The molecule has 2 N–H and O–H groups in total. The van der Waals surface area contributed by atoms with Crippen LogP contribution >= 0.6 is 22.6 Å². The number of hydrogen-bond acceptors (Lipinski definition) is 9. The summed E-state index contributed by atoms with van der Waals surface area (Å²) < 4.78 is 26.2. The molecule has 0 bridgehead atoms. The molecule has 2 amide bonds. The molecule has 304 valence electrons. The Balaban J connectivity index is 1.31. The molecular formula is C46H49IN2O9. The summed E-state index contributed by atoms with van der Waals surface area (Å²) >= 11 is 2.13. The molecule has 2 aliphatic rings. The highest BCUT2D eigenvalue weighted by atomic mass is 127. The number of carbonyl (C=O) groups is 4. The van der Waals surface area contributed by atoms with Crippen LogP contribution in [0.4, 0.5) is 0 Å². The third-order valence-corrected chi connectivity index (χ3v) is 10.7. The molecule has 6 rings (SSSR count). The molecule has 0 spiro atoms. The van der Waals surface area contributed by atoms with Gasteiger partial charge in [-0.25, -0.2) is 4.79 Å². The van der Waals surface area contributed by atoms with Crippen molar-refractivity contribution in [3.8, 4) is 0 Å². The van der Waals surface area contributed by atoms with E-state index in [0.29, 0.717) is 5.56 Å². The first-order valence-electron chi connectivity index (χ1n) is 19.3. The fraction of sp³-hybridized carbons (Fsp3) is 0.348. The minimum Gasteiger partial charge on any atom is -0.460 e. The Morgan fingerprint density at radius 1 is 0.897 bits per heavy atom. The number of nitrogens with one attached hydrogen (secondary N) is 1. The predicted molar refractivity (Wildman–Crippen MR) is 225 cm³/mol. The Kier molecular flexibility index (Phi) is 13.8. The molecule has 0 aromatic heterocycles. The van der Waals surface area contributed by atoms with Crippen LogP contribution in [-0.4, -0.2) is 83.4 Å². The molecule has 5 unspecified atom stereocenters. The maximum Gasteiger partial charge on any atom is 0.338 e. The van der Waals surface area contributed by atoms with E-state index in [-0.39, 0.29) is 31.3 Å². The lowest BCUT2D eigenvalue weighted by atomic mass is 9.90. The Bertz CT molecular complexity index is 2050. The first-order chi connectivity index (χ1) is 27.8. The fourth-order valence-electron chi connectivity index (χ4n) is 7.21. The number of aliphatic hydroxyl groups is 1. The van der Waals surface area contributed by atoms with Crippen LogP contribution in [0.1, 0.15) is 67.1 Å². The zero-order chi connectivity index (χ0) is 41.5. The summed E-state index contributed by atoms with van der Waals surface area (Å²) in [6.07, 6.45) is -0.607. The lowest BCUT2D eigenvalue weighted by Crippen LogP contribution is -2.53. The molecule has 5 atom stereocenters. The largest absolute Gasteiger partial charge is 0.460 e. The van der Waals surface area contributed by atoms with Crippen molar-refractivity contribution in [2.75, 3.05) is 13.7 Å².